The van der Waals surface area contributed by atoms with E-state index >= 15 is 0 Å². The van der Waals surface area contributed by atoms with Gasteiger partial charge in [-0.15, -0.1) is 11.8 Å². The molecule has 2 aromatic rings. The van der Waals surface area contributed by atoms with Gasteiger partial charge >= 0.3 is 0 Å². The summed E-state index contributed by atoms with van der Waals surface area (Å²) < 4.78 is 5.43. The zero-order valence-electron chi connectivity index (χ0n) is 18.8. The van der Waals surface area contributed by atoms with Gasteiger partial charge in [0.15, 0.2) is 5.25 Å². The van der Waals surface area contributed by atoms with Crippen molar-refractivity contribution >= 4 is 40.9 Å². The maximum absolute atomic E-state index is 13.4. The number of carbonyl (C=O) groups is 3. The molecule has 1 fully saturated rings. The van der Waals surface area contributed by atoms with Crippen LogP contribution in [-0.2, 0) is 14.4 Å². The lowest BCUT2D eigenvalue weighted by atomic mass is 10.2. The van der Waals surface area contributed by atoms with Gasteiger partial charge in [-0.1, -0.05) is 25.0 Å². The molecule has 2 aromatic carbocycles. The summed E-state index contributed by atoms with van der Waals surface area (Å²) >= 11 is 1.29. The fourth-order valence-electron chi connectivity index (χ4n) is 4.14. The lowest BCUT2D eigenvalue weighted by Crippen LogP contribution is -2.51. The average molecular weight is 468 g/mol. The molecule has 8 heteroatoms. The first-order valence-electron chi connectivity index (χ1n) is 11.5. The van der Waals surface area contributed by atoms with Crippen molar-refractivity contribution in [1.82, 2.24) is 4.90 Å². The van der Waals surface area contributed by atoms with Gasteiger partial charge in [-0.05, 0) is 56.2 Å². The predicted octanol–water partition coefficient (Wildman–Crippen LogP) is 3.93. The monoisotopic (exact) mass is 467 g/mol. The number of hydrogen-bond acceptors (Lipinski definition) is 5. The molecule has 2 aliphatic rings. The SMILES string of the molecule is CCOc1ccc(NC(=O)CN2C(=O)[C@@H](C(=O)N3CCCCCC3)Sc3ccccc32)cc1. The Balaban J connectivity index is 1.50. The number of benzene rings is 2. The molecular formula is C25H29N3O4S. The Labute approximate surface area is 198 Å². The Morgan fingerprint density at radius 3 is 2.42 bits per heavy atom. The lowest BCUT2D eigenvalue weighted by Gasteiger charge is -2.34. The Hall–Kier alpha value is -3.00. The number of nitrogens with zero attached hydrogens (tertiary/aromatic N) is 2. The number of thioether (sulfide) groups is 1. The first-order chi connectivity index (χ1) is 16.1. The fourth-order valence-corrected chi connectivity index (χ4v) is 5.33. The Kier molecular flexibility index (Phi) is 7.54. The molecule has 0 unspecified atom stereocenters. The first-order valence-corrected chi connectivity index (χ1v) is 12.3. The minimum atomic E-state index is -0.865. The number of para-hydroxylation sites is 1. The van der Waals surface area contributed by atoms with Crippen LogP contribution in [0, 0.1) is 0 Å². The summed E-state index contributed by atoms with van der Waals surface area (Å²) in [6, 6.07) is 14.5. The van der Waals surface area contributed by atoms with E-state index in [0.29, 0.717) is 31.1 Å². The number of carbonyl (C=O) groups excluding carboxylic acids is 3. The summed E-state index contributed by atoms with van der Waals surface area (Å²) in [6.07, 6.45) is 4.14. The van der Waals surface area contributed by atoms with Gasteiger partial charge in [0.25, 0.3) is 5.91 Å². The van der Waals surface area contributed by atoms with Gasteiger partial charge in [0, 0.05) is 23.7 Å². The molecule has 3 amide bonds. The van der Waals surface area contributed by atoms with E-state index in [4.69, 9.17) is 4.74 Å². The standard InChI is InChI=1S/C25H29N3O4S/c1-2-32-19-13-11-18(12-14-19)26-22(29)17-28-20-9-5-6-10-21(20)33-23(25(28)31)24(30)27-15-7-3-4-8-16-27/h5-6,9-14,23H,2-4,7-8,15-17H2,1H3,(H,26,29)/t23-/m1/s1. The summed E-state index contributed by atoms with van der Waals surface area (Å²) in [6.45, 7) is 3.68. The first kappa shape index (κ1) is 23.2. The molecule has 0 radical (unpaired) electrons. The second-order valence-electron chi connectivity index (χ2n) is 8.14. The number of ether oxygens (including phenoxy) is 1. The van der Waals surface area contributed by atoms with Gasteiger partial charge in [0.1, 0.15) is 12.3 Å². The van der Waals surface area contributed by atoms with E-state index in [9.17, 15) is 14.4 Å². The van der Waals surface area contributed by atoms with Crippen LogP contribution in [0.15, 0.2) is 53.4 Å². The van der Waals surface area contributed by atoms with Crippen LogP contribution in [0.5, 0.6) is 5.75 Å². The molecule has 0 saturated carbocycles. The summed E-state index contributed by atoms with van der Waals surface area (Å²) in [7, 11) is 0. The predicted molar refractivity (Wildman–Crippen MR) is 130 cm³/mol. The zero-order chi connectivity index (χ0) is 23.2. The maximum atomic E-state index is 13.4. The van der Waals surface area contributed by atoms with E-state index in [1.165, 1.54) is 16.7 Å². The molecule has 0 spiro atoms. The third kappa shape index (κ3) is 5.50. The van der Waals surface area contributed by atoms with Crippen LogP contribution in [0.4, 0.5) is 11.4 Å². The molecule has 4 rings (SSSR count). The van der Waals surface area contributed by atoms with Crippen molar-refractivity contribution in [3.05, 3.63) is 48.5 Å². The highest BCUT2D eigenvalue weighted by atomic mass is 32.2. The van der Waals surface area contributed by atoms with Crippen molar-refractivity contribution in [3.8, 4) is 5.75 Å². The maximum Gasteiger partial charge on any atom is 0.250 e. The van der Waals surface area contributed by atoms with Gasteiger partial charge in [0.2, 0.25) is 11.8 Å². The highest BCUT2D eigenvalue weighted by Gasteiger charge is 2.40. The van der Waals surface area contributed by atoms with E-state index in [-0.39, 0.29) is 24.3 Å². The average Bonchev–Trinajstić information content (AvgIpc) is 3.11. The third-order valence-electron chi connectivity index (χ3n) is 5.78. The van der Waals surface area contributed by atoms with Crippen molar-refractivity contribution < 1.29 is 19.1 Å². The normalized spacial score (nSPS) is 18.3. The minimum Gasteiger partial charge on any atom is -0.494 e. The quantitative estimate of drug-likeness (QED) is 0.651. The van der Waals surface area contributed by atoms with Crippen LogP contribution in [0.3, 0.4) is 0 Å². The molecule has 0 bridgehead atoms. The van der Waals surface area contributed by atoms with E-state index in [0.717, 1.165) is 36.3 Å². The Bertz CT molecular complexity index is 1000. The number of amides is 3. The van der Waals surface area contributed by atoms with Gasteiger partial charge in [-0.3, -0.25) is 14.4 Å². The molecule has 1 atom stereocenters. The number of nitrogens with one attached hydrogen (secondary N) is 1. The molecule has 2 heterocycles. The van der Waals surface area contributed by atoms with Crippen molar-refractivity contribution in [2.24, 2.45) is 0 Å². The molecule has 7 nitrogen and oxygen atoms in total. The topological polar surface area (TPSA) is 79.0 Å². The number of anilines is 2. The summed E-state index contributed by atoms with van der Waals surface area (Å²) in [5.74, 6) is -0.0918. The Morgan fingerprint density at radius 1 is 1.03 bits per heavy atom. The molecule has 2 aliphatic heterocycles. The van der Waals surface area contributed by atoms with Crippen LogP contribution in [0.1, 0.15) is 32.6 Å². The van der Waals surface area contributed by atoms with Gasteiger partial charge in [-0.25, -0.2) is 0 Å². The number of fused-ring (bicyclic) bond motifs is 1. The third-order valence-corrected chi connectivity index (χ3v) is 7.02. The number of hydrogen-bond donors (Lipinski definition) is 1. The number of rotatable bonds is 6. The van der Waals surface area contributed by atoms with E-state index in [1.807, 2.05) is 36.1 Å². The van der Waals surface area contributed by atoms with Gasteiger partial charge < -0.3 is 19.9 Å². The molecule has 1 saturated heterocycles. The molecule has 0 aromatic heterocycles. The Morgan fingerprint density at radius 2 is 1.73 bits per heavy atom. The number of likely N-dealkylation sites (tertiary alicyclic amines) is 1. The van der Waals surface area contributed by atoms with Crippen molar-refractivity contribution in [1.29, 1.82) is 0 Å². The van der Waals surface area contributed by atoms with Crippen LogP contribution in [-0.4, -0.2) is 54.1 Å². The molecule has 1 N–H and O–H groups in total. The van der Waals surface area contributed by atoms with E-state index < -0.39 is 5.25 Å². The highest BCUT2D eigenvalue weighted by Crippen LogP contribution is 2.39. The van der Waals surface area contributed by atoms with Crippen molar-refractivity contribution in [2.45, 2.75) is 42.8 Å². The summed E-state index contributed by atoms with van der Waals surface area (Å²) in [5, 5.41) is 1.97. The van der Waals surface area contributed by atoms with Gasteiger partial charge in [-0.2, -0.15) is 0 Å². The van der Waals surface area contributed by atoms with Crippen LogP contribution in [0.25, 0.3) is 0 Å². The minimum absolute atomic E-state index is 0.154. The van der Waals surface area contributed by atoms with Crippen LogP contribution >= 0.6 is 11.8 Å². The van der Waals surface area contributed by atoms with E-state index in [1.54, 1.807) is 24.3 Å². The molecule has 33 heavy (non-hydrogen) atoms. The van der Waals surface area contributed by atoms with Gasteiger partial charge in [0.05, 0.1) is 12.3 Å². The smallest absolute Gasteiger partial charge is 0.250 e. The fraction of sp³-hybridized carbons (Fsp3) is 0.400. The van der Waals surface area contributed by atoms with Crippen LogP contribution in [0.2, 0.25) is 0 Å². The second kappa shape index (κ2) is 10.7. The van der Waals surface area contributed by atoms with Crippen molar-refractivity contribution in [2.75, 3.05) is 36.5 Å². The zero-order valence-corrected chi connectivity index (χ0v) is 19.6. The largest absolute Gasteiger partial charge is 0.494 e. The second-order valence-corrected chi connectivity index (χ2v) is 9.28. The molecular weight excluding hydrogens is 438 g/mol. The van der Waals surface area contributed by atoms with Crippen LogP contribution < -0.4 is 15.0 Å². The van der Waals surface area contributed by atoms with E-state index in [2.05, 4.69) is 5.32 Å². The summed E-state index contributed by atoms with van der Waals surface area (Å²) in [5.41, 5.74) is 1.28. The lowest BCUT2D eigenvalue weighted by molar-refractivity contribution is -0.135. The highest BCUT2D eigenvalue weighted by molar-refractivity contribution is 8.01. The molecule has 174 valence electrons. The summed E-state index contributed by atoms with van der Waals surface area (Å²) in [4.78, 5) is 43.6. The molecule has 0 aliphatic carbocycles. The van der Waals surface area contributed by atoms with Crippen molar-refractivity contribution in [3.63, 3.8) is 0 Å².